The normalized spacial score (nSPS) is 13.3. The van der Waals surface area contributed by atoms with E-state index in [1.54, 1.807) is 11.3 Å². The topological polar surface area (TPSA) is 20.2 Å². The van der Waals surface area contributed by atoms with Crippen LogP contribution in [0.4, 0.5) is 0 Å². The third-order valence-corrected chi connectivity index (χ3v) is 2.40. The van der Waals surface area contributed by atoms with Crippen molar-refractivity contribution in [1.82, 2.24) is 0 Å². The van der Waals surface area contributed by atoms with Gasteiger partial charge < -0.3 is 5.11 Å². The Balaban J connectivity index is 2.14. The van der Waals surface area contributed by atoms with Crippen LogP contribution < -0.4 is 0 Å². The second kappa shape index (κ2) is 4.52. The largest absolute Gasteiger partial charge is 0.393 e. The maximum atomic E-state index is 8.98. The molecule has 0 saturated heterocycles. The van der Waals surface area contributed by atoms with Crippen LogP contribution in [0, 0.1) is 0 Å². The van der Waals surface area contributed by atoms with E-state index in [0.717, 1.165) is 19.3 Å². The fourth-order valence-electron chi connectivity index (χ4n) is 1.04. The fourth-order valence-corrected chi connectivity index (χ4v) is 1.74. The predicted octanol–water partition coefficient (Wildman–Crippen LogP) is 2.45. The Morgan fingerprint density at radius 3 is 3.00 bits per heavy atom. The molecule has 1 aromatic heterocycles. The Bertz CT molecular complexity index is 179. The van der Waals surface area contributed by atoms with E-state index in [0.29, 0.717) is 0 Å². The van der Waals surface area contributed by atoms with Gasteiger partial charge in [0.05, 0.1) is 6.10 Å². The Labute approximate surface area is 71.7 Å². The first-order valence-corrected chi connectivity index (χ1v) is 4.92. The number of hydrogen-bond donors (Lipinski definition) is 1. The van der Waals surface area contributed by atoms with E-state index in [-0.39, 0.29) is 6.10 Å². The molecule has 1 rings (SSSR count). The molecule has 1 nitrogen and oxygen atoms in total. The minimum absolute atomic E-state index is 0.145. The summed E-state index contributed by atoms with van der Waals surface area (Å²) in [5.74, 6) is 0. The first-order valence-electron chi connectivity index (χ1n) is 3.98. The first-order chi connectivity index (χ1) is 5.29. The molecule has 0 aliphatic rings. The molecule has 0 saturated carbocycles. The van der Waals surface area contributed by atoms with Crippen molar-refractivity contribution in [3.8, 4) is 0 Å². The van der Waals surface area contributed by atoms with Crippen molar-refractivity contribution in [2.75, 3.05) is 0 Å². The van der Waals surface area contributed by atoms with Gasteiger partial charge in [0.1, 0.15) is 0 Å². The summed E-state index contributed by atoms with van der Waals surface area (Å²) in [6.07, 6.45) is 2.96. The Kier molecular flexibility index (Phi) is 3.60. The second-order valence-electron chi connectivity index (χ2n) is 2.87. The molecule has 0 spiro atoms. The van der Waals surface area contributed by atoms with Gasteiger partial charge in [-0.15, -0.1) is 0 Å². The number of rotatable bonds is 4. The van der Waals surface area contributed by atoms with Crippen molar-refractivity contribution in [3.63, 3.8) is 0 Å². The van der Waals surface area contributed by atoms with E-state index in [9.17, 15) is 0 Å². The molecular formula is C9H14OS. The molecule has 1 atom stereocenters. The molecule has 0 aliphatic carbocycles. The smallest absolute Gasteiger partial charge is 0.0512 e. The molecule has 2 heteroatoms. The van der Waals surface area contributed by atoms with Gasteiger partial charge in [0.2, 0.25) is 0 Å². The molecule has 0 fully saturated rings. The van der Waals surface area contributed by atoms with E-state index in [4.69, 9.17) is 5.11 Å². The molecule has 11 heavy (non-hydrogen) atoms. The van der Waals surface area contributed by atoms with E-state index < -0.39 is 0 Å². The quantitative estimate of drug-likeness (QED) is 0.736. The van der Waals surface area contributed by atoms with Crippen molar-refractivity contribution in [3.05, 3.63) is 22.4 Å². The van der Waals surface area contributed by atoms with Crippen molar-refractivity contribution in [1.29, 1.82) is 0 Å². The van der Waals surface area contributed by atoms with Gasteiger partial charge in [-0.2, -0.15) is 11.3 Å². The van der Waals surface area contributed by atoms with Crippen LogP contribution in [-0.2, 0) is 6.42 Å². The fraction of sp³-hybridized carbons (Fsp3) is 0.556. The van der Waals surface area contributed by atoms with Crippen LogP contribution in [-0.4, -0.2) is 11.2 Å². The third-order valence-electron chi connectivity index (χ3n) is 1.67. The minimum Gasteiger partial charge on any atom is -0.393 e. The van der Waals surface area contributed by atoms with Gasteiger partial charge in [0.25, 0.3) is 0 Å². The number of aliphatic hydroxyl groups is 1. The highest BCUT2D eigenvalue weighted by Gasteiger charge is 1.96. The van der Waals surface area contributed by atoms with Crippen LogP contribution in [0.1, 0.15) is 25.3 Å². The summed E-state index contributed by atoms with van der Waals surface area (Å²) in [7, 11) is 0. The monoisotopic (exact) mass is 170 g/mol. The van der Waals surface area contributed by atoms with Gasteiger partial charge in [-0.1, -0.05) is 0 Å². The maximum Gasteiger partial charge on any atom is 0.0512 e. The van der Waals surface area contributed by atoms with Crippen LogP contribution in [0.25, 0.3) is 0 Å². The highest BCUT2D eigenvalue weighted by molar-refractivity contribution is 7.07. The zero-order valence-corrected chi connectivity index (χ0v) is 7.60. The molecule has 0 radical (unpaired) electrons. The lowest BCUT2D eigenvalue weighted by Crippen LogP contribution is -1.99. The third kappa shape index (κ3) is 3.54. The van der Waals surface area contributed by atoms with Gasteiger partial charge in [0, 0.05) is 0 Å². The zero-order valence-electron chi connectivity index (χ0n) is 6.79. The van der Waals surface area contributed by atoms with E-state index in [1.165, 1.54) is 5.56 Å². The number of thiophene rings is 1. The van der Waals surface area contributed by atoms with Crippen molar-refractivity contribution < 1.29 is 5.11 Å². The van der Waals surface area contributed by atoms with E-state index in [2.05, 4.69) is 16.8 Å². The summed E-state index contributed by atoms with van der Waals surface area (Å²) < 4.78 is 0. The molecule has 0 bridgehead atoms. The molecular weight excluding hydrogens is 156 g/mol. The lowest BCUT2D eigenvalue weighted by atomic mass is 10.1. The zero-order chi connectivity index (χ0) is 8.10. The highest BCUT2D eigenvalue weighted by Crippen LogP contribution is 2.10. The standard InChI is InChI=1S/C9H14OS/c1-8(10)3-2-4-9-5-6-11-7-9/h5-8,10H,2-4H2,1H3/t8-/m0/s1. The highest BCUT2D eigenvalue weighted by atomic mass is 32.1. The van der Waals surface area contributed by atoms with Gasteiger partial charge >= 0.3 is 0 Å². The average molecular weight is 170 g/mol. The molecule has 0 unspecified atom stereocenters. The van der Waals surface area contributed by atoms with Crippen molar-refractivity contribution in [2.24, 2.45) is 0 Å². The van der Waals surface area contributed by atoms with Crippen molar-refractivity contribution >= 4 is 11.3 Å². The number of aliphatic hydroxyl groups excluding tert-OH is 1. The van der Waals surface area contributed by atoms with Crippen LogP contribution in [0.15, 0.2) is 16.8 Å². The van der Waals surface area contributed by atoms with Crippen molar-refractivity contribution in [2.45, 2.75) is 32.3 Å². The van der Waals surface area contributed by atoms with Gasteiger partial charge in [-0.25, -0.2) is 0 Å². The summed E-state index contributed by atoms with van der Waals surface area (Å²) in [4.78, 5) is 0. The first kappa shape index (κ1) is 8.75. The summed E-state index contributed by atoms with van der Waals surface area (Å²) >= 11 is 1.74. The van der Waals surface area contributed by atoms with E-state index >= 15 is 0 Å². The Morgan fingerprint density at radius 1 is 1.64 bits per heavy atom. The van der Waals surface area contributed by atoms with Gasteiger partial charge in [-0.05, 0) is 48.6 Å². The summed E-state index contributed by atoms with van der Waals surface area (Å²) in [5, 5.41) is 13.2. The van der Waals surface area contributed by atoms with Gasteiger partial charge in [-0.3, -0.25) is 0 Å². The van der Waals surface area contributed by atoms with Crippen LogP contribution in [0.3, 0.4) is 0 Å². The molecule has 1 N–H and O–H groups in total. The molecule has 1 heterocycles. The summed E-state index contributed by atoms with van der Waals surface area (Å²) in [6, 6.07) is 2.15. The lowest BCUT2D eigenvalue weighted by Gasteiger charge is -2.01. The van der Waals surface area contributed by atoms with Gasteiger partial charge in [0.15, 0.2) is 0 Å². The predicted molar refractivity (Wildman–Crippen MR) is 48.9 cm³/mol. The van der Waals surface area contributed by atoms with E-state index in [1.807, 2.05) is 6.92 Å². The number of aryl methyl sites for hydroxylation is 1. The molecule has 0 aromatic carbocycles. The van der Waals surface area contributed by atoms with Crippen LogP contribution in [0.5, 0.6) is 0 Å². The molecule has 0 aliphatic heterocycles. The van der Waals surface area contributed by atoms with Crippen LogP contribution in [0.2, 0.25) is 0 Å². The average Bonchev–Trinajstić information content (AvgIpc) is 2.39. The Morgan fingerprint density at radius 2 is 2.45 bits per heavy atom. The minimum atomic E-state index is -0.145. The summed E-state index contributed by atoms with van der Waals surface area (Å²) in [6.45, 7) is 1.84. The Hall–Kier alpha value is -0.340. The maximum absolute atomic E-state index is 8.98. The second-order valence-corrected chi connectivity index (χ2v) is 3.65. The number of hydrogen-bond acceptors (Lipinski definition) is 2. The molecule has 0 amide bonds. The SMILES string of the molecule is C[C@H](O)CCCc1ccsc1. The van der Waals surface area contributed by atoms with Crippen LogP contribution >= 0.6 is 11.3 Å². The molecule has 62 valence electrons. The molecule has 1 aromatic rings. The summed E-state index contributed by atoms with van der Waals surface area (Å²) in [5.41, 5.74) is 1.40. The lowest BCUT2D eigenvalue weighted by molar-refractivity contribution is 0.182.